The zero-order chi connectivity index (χ0) is 20.1. The van der Waals surface area contributed by atoms with Gasteiger partial charge in [0.2, 0.25) is 0 Å². The molecular weight excluding hydrogens is 373 g/mol. The highest BCUT2D eigenvalue weighted by Gasteiger charge is 2.30. The van der Waals surface area contributed by atoms with Crippen LogP contribution in [-0.2, 0) is 19.2 Å². The van der Waals surface area contributed by atoms with Gasteiger partial charge in [-0.15, -0.1) is 0 Å². The summed E-state index contributed by atoms with van der Waals surface area (Å²) < 4.78 is 39.9. The Labute approximate surface area is 158 Å². The molecule has 1 atom stereocenters. The number of H-pyrrole nitrogens is 1. The smallest absolute Gasteiger partial charge is 0.390 e. The van der Waals surface area contributed by atoms with E-state index in [9.17, 15) is 23.1 Å². The molecule has 0 aliphatic heterocycles. The molecule has 3 aromatic rings. The molecule has 2 aromatic heterocycles. The number of fused-ring (bicyclic) bond motifs is 1. The van der Waals surface area contributed by atoms with E-state index >= 15 is 0 Å². The van der Waals surface area contributed by atoms with E-state index < -0.39 is 24.4 Å². The summed E-state index contributed by atoms with van der Waals surface area (Å²) in [6.45, 7) is 1.33. The number of aromatic nitrogens is 4. The highest BCUT2D eigenvalue weighted by molar-refractivity contribution is 5.77. The van der Waals surface area contributed by atoms with Crippen molar-refractivity contribution in [1.82, 2.24) is 19.7 Å². The van der Waals surface area contributed by atoms with Crippen molar-refractivity contribution < 1.29 is 18.3 Å². The van der Waals surface area contributed by atoms with E-state index in [0.29, 0.717) is 29.4 Å². The Morgan fingerprint density at radius 2 is 1.96 bits per heavy atom. The minimum atomic E-state index is -4.41. The van der Waals surface area contributed by atoms with Gasteiger partial charge >= 0.3 is 6.18 Å². The van der Waals surface area contributed by atoms with E-state index in [1.807, 2.05) is 0 Å². The van der Waals surface area contributed by atoms with Gasteiger partial charge in [-0.2, -0.15) is 18.3 Å². The standard InChI is InChI=1S/C19H19F3N4O2/c1-10(12-4-6-13(7-5-12)19(20,21)22)26-17-16(14(9-27)25-26)18(28)24-15(23-17)8-11-2-3-11/h4-7,10-11,27H,2-3,8-9H2,1H3,(H,23,24,28)/t10-/m0/s1. The lowest BCUT2D eigenvalue weighted by Crippen LogP contribution is -2.15. The maximum absolute atomic E-state index is 12.8. The second kappa shape index (κ2) is 6.73. The average molecular weight is 392 g/mol. The first-order valence-corrected chi connectivity index (χ1v) is 9.06. The molecule has 2 N–H and O–H groups in total. The van der Waals surface area contributed by atoms with E-state index in [1.165, 1.54) is 16.8 Å². The molecule has 0 unspecified atom stereocenters. The molecule has 0 spiro atoms. The van der Waals surface area contributed by atoms with Crippen LogP contribution in [0.4, 0.5) is 13.2 Å². The van der Waals surface area contributed by atoms with Crippen LogP contribution in [0.5, 0.6) is 0 Å². The zero-order valence-corrected chi connectivity index (χ0v) is 15.1. The molecule has 28 heavy (non-hydrogen) atoms. The Morgan fingerprint density at radius 1 is 1.29 bits per heavy atom. The maximum atomic E-state index is 12.8. The Bertz CT molecular complexity index is 1070. The highest BCUT2D eigenvalue weighted by Crippen LogP contribution is 2.33. The molecule has 4 rings (SSSR count). The van der Waals surface area contributed by atoms with E-state index in [2.05, 4.69) is 15.1 Å². The zero-order valence-electron chi connectivity index (χ0n) is 15.1. The number of benzene rings is 1. The molecule has 1 fully saturated rings. The van der Waals surface area contributed by atoms with Gasteiger partial charge in [-0.3, -0.25) is 4.79 Å². The van der Waals surface area contributed by atoms with Gasteiger partial charge in [-0.05, 0) is 43.4 Å². The summed E-state index contributed by atoms with van der Waals surface area (Å²) in [4.78, 5) is 19.8. The molecular formula is C19H19F3N4O2. The summed E-state index contributed by atoms with van der Waals surface area (Å²) in [5.41, 5.74) is 0.0192. The van der Waals surface area contributed by atoms with Crippen LogP contribution in [0.25, 0.3) is 11.0 Å². The fraction of sp³-hybridized carbons (Fsp3) is 0.421. The van der Waals surface area contributed by atoms with Crippen LogP contribution in [0.2, 0.25) is 0 Å². The van der Waals surface area contributed by atoms with Gasteiger partial charge in [0.1, 0.15) is 16.9 Å². The molecule has 2 heterocycles. The van der Waals surface area contributed by atoms with Crippen molar-refractivity contribution in [2.24, 2.45) is 5.92 Å². The highest BCUT2D eigenvalue weighted by atomic mass is 19.4. The molecule has 6 nitrogen and oxygen atoms in total. The molecule has 1 aliphatic carbocycles. The largest absolute Gasteiger partial charge is 0.416 e. The fourth-order valence-corrected chi connectivity index (χ4v) is 3.32. The van der Waals surface area contributed by atoms with Gasteiger partial charge in [0, 0.05) is 6.42 Å². The van der Waals surface area contributed by atoms with Crippen LogP contribution >= 0.6 is 0 Å². The lowest BCUT2D eigenvalue weighted by molar-refractivity contribution is -0.137. The molecule has 1 aromatic carbocycles. The van der Waals surface area contributed by atoms with Crippen LogP contribution < -0.4 is 5.56 Å². The topological polar surface area (TPSA) is 83.8 Å². The third-order valence-electron chi connectivity index (χ3n) is 5.10. The van der Waals surface area contributed by atoms with Gasteiger partial charge in [0.15, 0.2) is 5.65 Å². The van der Waals surface area contributed by atoms with Crippen molar-refractivity contribution in [2.75, 3.05) is 0 Å². The molecule has 9 heteroatoms. The Hall–Kier alpha value is -2.68. The predicted molar refractivity (Wildman–Crippen MR) is 95.8 cm³/mol. The number of aliphatic hydroxyl groups excluding tert-OH is 1. The van der Waals surface area contributed by atoms with Crippen molar-refractivity contribution in [3.8, 4) is 0 Å². The van der Waals surface area contributed by atoms with Crippen LogP contribution in [-0.4, -0.2) is 24.9 Å². The number of alkyl halides is 3. The molecule has 0 saturated heterocycles. The van der Waals surface area contributed by atoms with E-state index in [-0.39, 0.29) is 16.6 Å². The van der Waals surface area contributed by atoms with E-state index in [4.69, 9.17) is 0 Å². The summed E-state index contributed by atoms with van der Waals surface area (Å²) in [5.74, 6) is 1.08. The summed E-state index contributed by atoms with van der Waals surface area (Å²) in [6.07, 6.45) is -1.54. The van der Waals surface area contributed by atoms with Gasteiger partial charge in [0.05, 0.1) is 18.2 Å². The quantitative estimate of drug-likeness (QED) is 0.699. The first kappa shape index (κ1) is 18.7. The van der Waals surface area contributed by atoms with Gasteiger partial charge < -0.3 is 10.1 Å². The first-order valence-electron chi connectivity index (χ1n) is 9.06. The van der Waals surface area contributed by atoms with Gasteiger partial charge in [-0.1, -0.05) is 12.1 Å². The lowest BCUT2D eigenvalue weighted by Gasteiger charge is -2.15. The van der Waals surface area contributed by atoms with Crippen molar-refractivity contribution in [2.45, 2.75) is 45.0 Å². The van der Waals surface area contributed by atoms with Crippen LogP contribution in [0.15, 0.2) is 29.1 Å². The third-order valence-corrected chi connectivity index (χ3v) is 5.10. The third kappa shape index (κ3) is 3.42. The van der Waals surface area contributed by atoms with Gasteiger partial charge in [-0.25, -0.2) is 9.67 Å². The predicted octanol–water partition coefficient (Wildman–Crippen LogP) is 3.19. The number of aliphatic hydroxyl groups is 1. The fourth-order valence-electron chi connectivity index (χ4n) is 3.32. The van der Waals surface area contributed by atoms with Crippen molar-refractivity contribution in [3.05, 3.63) is 57.3 Å². The second-order valence-corrected chi connectivity index (χ2v) is 7.20. The Balaban J connectivity index is 1.78. The first-order chi connectivity index (χ1) is 13.3. The average Bonchev–Trinajstić information content (AvgIpc) is 3.38. The normalized spacial score (nSPS) is 15.9. The Kier molecular flexibility index (Phi) is 4.49. The number of nitrogens with zero attached hydrogens (tertiary/aromatic N) is 3. The SMILES string of the molecule is C[C@@H](c1ccc(C(F)(F)F)cc1)n1nc(CO)c2c(=O)[nH]c(CC3CC3)nc21. The Morgan fingerprint density at radius 3 is 2.54 bits per heavy atom. The van der Waals surface area contributed by atoms with Crippen molar-refractivity contribution >= 4 is 11.0 Å². The van der Waals surface area contributed by atoms with Crippen LogP contribution in [0.1, 0.15) is 48.5 Å². The minimum absolute atomic E-state index is 0.195. The molecule has 1 saturated carbocycles. The minimum Gasteiger partial charge on any atom is -0.390 e. The molecule has 0 amide bonds. The molecule has 148 valence electrons. The summed E-state index contributed by atoms with van der Waals surface area (Å²) >= 11 is 0. The number of halogens is 3. The van der Waals surface area contributed by atoms with Crippen molar-refractivity contribution in [1.29, 1.82) is 0 Å². The monoisotopic (exact) mass is 392 g/mol. The number of nitrogens with one attached hydrogen (secondary N) is 1. The van der Waals surface area contributed by atoms with Crippen LogP contribution in [0, 0.1) is 5.92 Å². The second-order valence-electron chi connectivity index (χ2n) is 7.20. The number of hydrogen-bond acceptors (Lipinski definition) is 4. The maximum Gasteiger partial charge on any atom is 0.416 e. The summed E-state index contributed by atoms with van der Waals surface area (Å²) in [5, 5.41) is 14.1. The molecule has 0 bridgehead atoms. The van der Waals surface area contributed by atoms with E-state index in [0.717, 1.165) is 25.0 Å². The van der Waals surface area contributed by atoms with Crippen LogP contribution in [0.3, 0.4) is 0 Å². The van der Waals surface area contributed by atoms with Gasteiger partial charge in [0.25, 0.3) is 5.56 Å². The molecule has 1 aliphatic rings. The summed E-state index contributed by atoms with van der Waals surface area (Å²) in [7, 11) is 0. The number of hydrogen-bond donors (Lipinski definition) is 2. The molecule has 0 radical (unpaired) electrons. The number of rotatable bonds is 5. The van der Waals surface area contributed by atoms with E-state index in [1.54, 1.807) is 6.92 Å². The van der Waals surface area contributed by atoms with Crippen molar-refractivity contribution in [3.63, 3.8) is 0 Å². The number of aromatic amines is 1. The lowest BCUT2D eigenvalue weighted by atomic mass is 10.1. The summed E-state index contributed by atoms with van der Waals surface area (Å²) in [6, 6.07) is 4.34.